The molecule has 2 unspecified atom stereocenters. The van der Waals surface area contributed by atoms with Crippen LogP contribution in [0.2, 0.25) is 0 Å². The number of nitrogens with zero attached hydrogens (tertiary/aromatic N) is 5. The number of nitriles is 1. The minimum Gasteiger partial charge on any atom is -0.474 e. The topological polar surface area (TPSA) is 111 Å². The molecule has 0 bridgehead atoms. The SMILES string of the molecule is N#Cc1ccc(N2CCC(Oc3ccc(S(=O)(=O)NC4CCN(Cc5ccncc5)C(I)C4)cn3)CC2)cc1. The molecule has 2 aliphatic rings. The maximum Gasteiger partial charge on any atom is 0.242 e. The van der Waals surface area contributed by atoms with Gasteiger partial charge < -0.3 is 9.64 Å². The fraction of sp³-hybridized carbons (Fsp3) is 0.393. The van der Waals surface area contributed by atoms with Crippen LogP contribution in [0.5, 0.6) is 5.88 Å². The summed E-state index contributed by atoms with van der Waals surface area (Å²) in [4.78, 5) is 13.2. The molecule has 204 valence electrons. The highest BCUT2D eigenvalue weighted by Gasteiger charge is 2.30. The molecule has 2 atom stereocenters. The predicted molar refractivity (Wildman–Crippen MR) is 157 cm³/mol. The quantitative estimate of drug-likeness (QED) is 0.219. The Hall–Kier alpha value is -2.79. The van der Waals surface area contributed by atoms with Crippen LogP contribution in [-0.2, 0) is 16.6 Å². The summed E-state index contributed by atoms with van der Waals surface area (Å²) in [5.41, 5.74) is 2.96. The van der Waals surface area contributed by atoms with Crippen molar-refractivity contribution in [1.82, 2.24) is 19.6 Å². The van der Waals surface area contributed by atoms with Crippen molar-refractivity contribution in [2.24, 2.45) is 0 Å². The van der Waals surface area contributed by atoms with Gasteiger partial charge in [-0.2, -0.15) is 5.26 Å². The number of halogens is 1. The summed E-state index contributed by atoms with van der Waals surface area (Å²) in [5, 5.41) is 8.98. The van der Waals surface area contributed by atoms with Gasteiger partial charge in [0, 0.05) is 69.2 Å². The Morgan fingerprint density at radius 3 is 2.41 bits per heavy atom. The summed E-state index contributed by atoms with van der Waals surface area (Å²) < 4.78 is 35.3. The number of anilines is 1. The number of benzene rings is 1. The Bertz CT molecular complexity index is 1380. The number of piperidine rings is 2. The van der Waals surface area contributed by atoms with Gasteiger partial charge >= 0.3 is 0 Å². The van der Waals surface area contributed by atoms with Crippen molar-refractivity contribution in [3.8, 4) is 11.9 Å². The molecule has 0 amide bonds. The van der Waals surface area contributed by atoms with E-state index in [0.29, 0.717) is 11.4 Å². The lowest BCUT2D eigenvalue weighted by molar-refractivity contribution is 0.164. The van der Waals surface area contributed by atoms with Crippen molar-refractivity contribution in [1.29, 1.82) is 5.26 Å². The number of sulfonamides is 1. The lowest BCUT2D eigenvalue weighted by Crippen LogP contribution is -2.47. The number of ether oxygens (including phenoxy) is 1. The smallest absolute Gasteiger partial charge is 0.242 e. The Morgan fingerprint density at radius 2 is 1.77 bits per heavy atom. The van der Waals surface area contributed by atoms with E-state index in [1.165, 1.54) is 11.8 Å². The number of hydrogen-bond acceptors (Lipinski definition) is 8. The van der Waals surface area contributed by atoms with Gasteiger partial charge in [0.1, 0.15) is 11.0 Å². The zero-order valence-corrected chi connectivity index (χ0v) is 24.5. The molecule has 0 aliphatic carbocycles. The van der Waals surface area contributed by atoms with Gasteiger partial charge in [-0.05, 0) is 60.9 Å². The van der Waals surface area contributed by atoms with E-state index < -0.39 is 10.0 Å². The van der Waals surface area contributed by atoms with Gasteiger partial charge in [-0.25, -0.2) is 18.1 Å². The Labute approximate surface area is 243 Å². The van der Waals surface area contributed by atoms with Crippen molar-refractivity contribution in [2.45, 2.75) is 53.3 Å². The first-order chi connectivity index (χ1) is 18.9. The lowest BCUT2D eigenvalue weighted by atomic mass is 10.1. The van der Waals surface area contributed by atoms with E-state index in [1.807, 2.05) is 36.4 Å². The number of alkyl halides is 1. The third-order valence-corrected chi connectivity index (χ3v) is 10.0. The summed E-state index contributed by atoms with van der Waals surface area (Å²) >= 11 is 2.40. The second-order valence-corrected chi connectivity index (χ2v) is 13.0. The maximum absolute atomic E-state index is 13.1. The molecule has 9 nitrogen and oxygen atoms in total. The van der Waals surface area contributed by atoms with E-state index in [2.05, 4.69) is 53.1 Å². The number of pyridine rings is 2. The van der Waals surface area contributed by atoms with Crippen LogP contribution in [0, 0.1) is 11.3 Å². The second-order valence-electron chi connectivity index (χ2n) is 9.90. The monoisotopic (exact) mass is 658 g/mol. The van der Waals surface area contributed by atoms with E-state index in [1.54, 1.807) is 24.5 Å². The molecule has 0 radical (unpaired) electrons. The highest BCUT2D eigenvalue weighted by molar-refractivity contribution is 14.1. The van der Waals surface area contributed by atoms with E-state index in [0.717, 1.165) is 57.5 Å². The first-order valence-corrected chi connectivity index (χ1v) is 15.8. The molecular formula is C28H31IN6O3S. The number of rotatable bonds is 8. The van der Waals surface area contributed by atoms with Crippen LogP contribution in [0.15, 0.2) is 72.0 Å². The molecule has 0 saturated carbocycles. The minimum absolute atomic E-state index is 0.0191. The van der Waals surface area contributed by atoms with Gasteiger partial charge in [0.25, 0.3) is 0 Å². The summed E-state index contributed by atoms with van der Waals surface area (Å²) in [6.07, 6.45) is 8.14. The van der Waals surface area contributed by atoms with E-state index in [9.17, 15) is 8.42 Å². The third-order valence-electron chi connectivity index (χ3n) is 7.21. The Balaban J connectivity index is 1.10. The number of likely N-dealkylation sites (tertiary alicyclic amines) is 1. The minimum atomic E-state index is -3.68. The van der Waals surface area contributed by atoms with Gasteiger partial charge in [0.2, 0.25) is 15.9 Å². The molecule has 2 aliphatic heterocycles. The number of nitrogens with one attached hydrogen (secondary N) is 1. The van der Waals surface area contributed by atoms with Crippen LogP contribution in [0.1, 0.15) is 36.8 Å². The normalized spacial score (nSPS) is 20.9. The van der Waals surface area contributed by atoms with Gasteiger partial charge in [-0.1, -0.05) is 22.6 Å². The zero-order valence-electron chi connectivity index (χ0n) is 21.5. The van der Waals surface area contributed by atoms with Crippen LogP contribution >= 0.6 is 22.6 Å². The largest absolute Gasteiger partial charge is 0.474 e. The first kappa shape index (κ1) is 27.8. The van der Waals surface area contributed by atoms with Crippen LogP contribution in [-0.4, -0.2) is 59.1 Å². The maximum atomic E-state index is 13.1. The molecule has 2 fully saturated rings. The zero-order chi connectivity index (χ0) is 27.2. The van der Waals surface area contributed by atoms with Gasteiger partial charge in [0.15, 0.2) is 0 Å². The Kier molecular flexibility index (Phi) is 8.96. The van der Waals surface area contributed by atoms with E-state index in [4.69, 9.17) is 10.00 Å². The molecular weight excluding hydrogens is 627 g/mol. The average molecular weight is 659 g/mol. The van der Waals surface area contributed by atoms with Crippen LogP contribution in [0.25, 0.3) is 0 Å². The molecule has 11 heteroatoms. The molecule has 4 heterocycles. The molecule has 1 aromatic carbocycles. The summed E-state index contributed by atoms with van der Waals surface area (Å²) in [5.74, 6) is 0.433. The standard InChI is InChI=1S/C28H31IN6O3S/c29-27-17-23(9-14-35(27)20-22-7-12-31-13-8-22)33-39(36,37)26-5-6-28(32-19-26)38-25-10-15-34(16-11-25)24-3-1-21(18-30)2-4-24/h1-8,12-13,19,23,25,27,33H,9-11,14-17,20H2. The fourth-order valence-corrected chi connectivity index (χ4v) is 7.32. The van der Waals surface area contributed by atoms with E-state index in [-0.39, 0.29) is 21.1 Å². The van der Waals surface area contributed by atoms with Crippen LogP contribution < -0.4 is 14.4 Å². The average Bonchev–Trinajstić information content (AvgIpc) is 2.96. The van der Waals surface area contributed by atoms with Crippen molar-refractivity contribution in [3.05, 3.63) is 78.2 Å². The highest BCUT2D eigenvalue weighted by atomic mass is 127. The predicted octanol–water partition coefficient (Wildman–Crippen LogP) is 4.10. The summed E-state index contributed by atoms with van der Waals surface area (Å²) in [6, 6.07) is 16.9. The van der Waals surface area contributed by atoms with Crippen LogP contribution in [0.4, 0.5) is 5.69 Å². The molecule has 3 aromatic rings. The van der Waals surface area contributed by atoms with Crippen molar-refractivity contribution < 1.29 is 13.2 Å². The molecule has 2 saturated heterocycles. The van der Waals surface area contributed by atoms with Crippen molar-refractivity contribution in [3.63, 3.8) is 0 Å². The van der Waals surface area contributed by atoms with E-state index >= 15 is 0 Å². The second kappa shape index (κ2) is 12.6. The van der Waals surface area contributed by atoms with Crippen LogP contribution in [0.3, 0.4) is 0 Å². The molecule has 1 N–H and O–H groups in total. The third kappa shape index (κ3) is 7.25. The number of hydrogen-bond donors (Lipinski definition) is 1. The Morgan fingerprint density at radius 1 is 1.03 bits per heavy atom. The van der Waals surface area contributed by atoms with Gasteiger partial charge in [0.05, 0.1) is 21.9 Å². The molecule has 0 spiro atoms. The number of aromatic nitrogens is 2. The van der Waals surface area contributed by atoms with Gasteiger partial charge in [-0.15, -0.1) is 0 Å². The fourth-order valence-electron chi connectivity index (χ4n) is 5.00. The molecule has 2 aromatic heterocycles. The molecule has 39 heavy (non-hydrogen) atoms. The lowest BCUT2D eigenvalue weighted by Gasteiger charge is -2.36. The highest BCUT2D eigenvalue weighted by Crippen LogP contribution is 2.27. The summed E-state index contributed by atoms with van der Waals surface area (Å²) in [7, 11) is -3.68. The first-order valence-electron chi connectivity index (χ1n) is 13.1. The summed E-state index contributed by atoms with van der Waals surface area (Å²) in [6.45, 7) is 3.33. The molecule has 5 rings (SSSR count). The van der Waals surface area contributed by atoms with Crippen molar-refractivity contribution in [2.75, 3.05) is 24.5 Å². The van der Waals surface area contributed by atoms with Gasteiger partial charge in [-0.3, -0.25) is 9.88 Å². The van der Waals surface area contributed by atoms with Crippen molar-refractivity contribution >= 4 is 38.3 Å².